The van der Waals surface area contributed by atoms with Gasteiger partial charge in [-0.15, -0.1) is 0 Å². The highest BCUT2D eigenvalue weighted by molar-refractivity contribution is 5.96. The van der Waals surface area contributed by atoms with Crippen molar-refractivity contribution in [1.29, 1.82) is 0 Å². The molecule has 2 rings (SSSR count). The molecule has 104 valence electrons. The standard InChI is InChI=1S/C14H8F4O2/c15-12-4-2-1-3-10(12)9-6-5-8(14(16,17)18)7-11(9)13(19)20/h1-7H,(H,19,20). The molecule has 0 bridgehead atoms. The van der Waals surface area contributed by atoms with E-state index in [-0.39, 0.29) is 11.1 Å². The van der Waals surface area contributed by atoms with Gasteiger partial charge in [-0.2, -0.15) is 13.2 Å². The molecule has 1 N–H and O–H groups in total. The fourth-order valence-electron chi connectivity index (χ4n) is 1.81. The minimum atomic E-state index is -4.65. The zero-order valence-corrected chi connectivity index (χ0v) is 9.91. The average molecular weight is 284 g/mol. The quantitative estimate of drug-likeness (QED) is 0.839. The zero-order chi connectivity index (χ0) is 14.9. The highest BCUT2D eigenvalue weighted by Gasteiger charge is 2.32. The molecular formula is C14H8F4O2. The topological polar surface area (TPSA) is 37.3 Å². The molecule has 20 heavy (non-hydrogen) atoms. The van der Waals surface area contributed by atoms with Crippen molar-refractivity contribution in [1.82, 2.24) is 0 Å². The smallest absolute Gasteiger partial charge is 0.416 e. The van der Waals surface area contributed by atoms with Crippen molar-refractivity contribution in [3.8, 4) is 11.1 Å². The van der Waals surface area contributed by atoms with E-state index in [1.807, 2.05) is 0 Å². The monoisotopic (exact) mass is 284 g/mol. The molecule has 0 amide bonds. The van der Waals surface area contributed by atoms with Gasteiger partial charge in [-0.3, -0.25) is 0 Å². The van der Waals surface area contributed by atoms with Crippen LogP contribution in [0.1, 0.15) is 15.9 Å². The van der Waals surface area contributed by atoms with Crippen LogP contribution >= 0.6 is 0 Å². The summed E-state index contributed by atoms with van der Waals surface area (Å²) in [5.74, 6) is -2.25. The number of hydrogen-bond donors (Lipinski definition) is 1. The second-order valence-corrected chi connectivity index (χ2v) is 4.04. The molecule has 0 aromatic heterocycles. The van der Waals surface area contributed by atoms with Crippen LogP contribution in [0, 0.1) is 5.82 Å². The Bertz CT molecular complexity index is 662. The lowest BCUT2D eigenvalue weighted by Crippen LogP contribution is -2.08. The Hall–Kier alpha value is -2.37. The fourth-order valence-corrected chi connectivity index (χ4v) is 1.81. The van der Waals surface area contributed by atoms with E-state index in [9.17, 15) is 22.4 Å². The van der Waals surface area contributed by atoms with Crippen LogP contribution in [0.3, 0.4) is 0 Å². The van der Waals surface area contributed by atoms with Crippen molar-refractivity contribution < 1.29 is 27.5 Å². The summed E-state index contributed by atoms with van der Waals surface area (Å²) in [7, 11) is 0. The zero-order valence-electron chi connectivity index (χ0n) is 9.91. The molecule has 0 fully saturated rings. The molecule has 0 saturated heterocycles. The average Bonchev–Trinajstić information content (AvgIpc) is 2.37. The van der Waals surface area contributed by atoms with Crippen molar-refractivity contribution in [2.24, 2.45) is 0 Å². The van der Waals surface area contributed by atoms with Gasteiger partial charge in [-0.1, -0.05) is 24.3 Å². The lowest BCUT2D eigenvalue weighted by molar-refractivity contribution is -0.137. The summed E-state index contributed by atoms with van der Waals surface area (Å²) >= 11 is 0. The maximum Gasteiger partial charge on any atom is 0.416 e. The Morgan fingerprint density at radius 1 is 1.00 bits per heavy atom. The predicted octanol–water partition coefficient (Wildman–Crippen LogP) is 4.21. The van der Waals surface area contributed by atoms with Crippen molar-refractivity contribution in [3.63, 3.8) is 0 Å². The molecule has 0 unspecified atom stereocenters. The van der Waals surface area contributed by atoms with Gasteiger partial charge in [0.25, 0.3) is 0 Å². The molecule has 0 aliphatic rings. The van der Waals surface area contributed by atoms with Gasteiger partial charge < -0.3 is 5.11 Å². The van der Waals surface area contributed by atoms with E-state index >= 15 is 0 Å². The van der Waals surface area contributed by atoms with Gasteiger partial charge in [0, 0.05) is 5.56 Å². The van der Waals surface area contributed by atoms with Crippen LogP contribution in [0.4, 0.5) is 17.6 Å². The third kappa shape index (κ3) is 2.64. The summed E-state index contributed by atoms with van der Waals surface area (Å²) in [6.07, 6.45) is -4.65. The van der Waals surface area contributed by atoms with E-state index in [1.54, 1.807) is 0 Å². The minimum Gasteiger partial charge on any atom is -0.478 e. The predicted molar refractivity (Wildman–Crippen MR) is 63.8 cm³/mol. The number of halogens is 4. The van der Waals surface area contributed by atoms with E-state index < -0.39 is 29.1 Å². The number of alkyl halides is 3. The SMILES string of the molecule is O=C(O)c1cc(C(F)(F)F)ccc1-c1ccccc1F. The molecule has 0 aliphatic carbocycles. The number of carboxylic acids is 1. The summed E-state index contributed by atoms with van der Waals surface area (Å²) < 4.78 is 51.4. The largest absolute Gasteiger partial charge is 0.478 e. The van der Waals surface area contributed by atoms with Crippen LogP contribution in [-0.4, -0.2) is 11.1 Å². The number of carboxylic acid groups (broad SMARTS) is 1. The maximum absolute atomic E-state index is 13.6. The van der Waals surface area contributed by atoms with E-state index in [0.717, 1.165) is 18.2 Å². The van der Waals surface area contributed by atoms with Gasteiger partial charge >= 0.3 is 12.1 Å². The van der Waals surface area contributed by atoms with Crippen LogP contribution in [0.2, 0.25) is 0 Å². The summed E-state index contributed by atoms with van der Waals surface area (Å²) in [5, 5.41) is 9.02. The Balaban J connectivity index is 2.66. The molecule has 0 saturated carbocycles. The highest BCUT2D eigenvalue weighted by Crippen LogP contribution is 2.34. The number of rotatable bonds is 2. The number of benzene rings is 2. The van der Waals surface area contributed by atoms with E-state index in [1.165, 1.54) is 18.2 Å². The second-order valence-electron chi connectivity index (χ2n) is 4.04. The summed E-state index contributed by atoms with van der Waals surface area (Å²) in [6, 6.07) is 7.50. The van der Waals surface area contributed by atoms with Crippen molar-refractivity contribution in [2.45, 2.75) is 6.18 Å². The molecule has 0 aliphatic heterocycles. The van der Waals surface area contributed by atoms with Gasteiger partial charge in [-0.25, -0.2) is 9.18 Å². The molecule has 6 heteroatoms. The van der Waals surface area contributed by atoms with Crippen LogP contribution < -0.4 is 0 Å². The van der Waals surface area contributed by atoms with Crippen molar-refractivity contribution >= 4 is 5.97 Å². The van der Waals surface area contributed by atoms with Crippen LogP contribution in [0.5, 0.6) is 0 Å². The first-order valence-corrected chi connectivity index (χ1v) is 5.50. The lowest BCUT2D eigenvalue weighted by atomic mass is 9.97. The van der Waals surface area contributed by atoms with Gasteiger partial charge in [0.2, 0.25) is 0 Å². The molecule has 2 nitrogen and oxygen atoms in total. The Labute approximate surface area is 111 Å². The van der Waals surface area contributed by atoms with Gasteiger partial charge in [0.15, 0.2) is 0 Å². The highest BCUT2D eigenvalue weighted by atomic mass is 19.4. The van der Waals surface area contributed by atoms with Crippen molar-refractivity contribution in [2.75, 3.05) is 0 Å². The van der Waals surface area contributed by atoms with Crippen LogP contribution in [0.25, 0.3) is 11.1 Å². The molecule has 0 spiro atoms. The van der Waals surface area contributed by atoms with Crippen LogP contribution in [0.15, 0.2) is 42.5 Å². The van der Waals surface area contributed by atoms with E-state index in [4.69, 9.17) is 5.11 Å². The Morgan fingerprint density at radius 3 is 2.20 bits per heavy atom. The second kappa shape index (κ2) is 4.96. The summed E-state index contributed by atoms with van der Waals surface area (Å²) in [6.45, 7) is 0. The van der Waals surface area contributed by atoms with Gasteiger partial charge in [0.1, 0.15) is 5.82 Å². The maximum atomic E-state index is 13.6. The summed E-state index contributed by atoms with van der Waals surface area (Å²) in [5.41, 5.74) is -1.83. The normalized spacial score (nSPS) is 11.4. The Kier molecular flexibility index (Phi) is 3.48. The number of hydrogen-bond acceptors (Lipinski definition) is 1. The molecule has 0 radical (unpaired) electrons. The molecule has 2 aromatic carbocycles. The van der Waals surface area contributed by atoms with E-state index in [2.05, 4.69) is 0 Å². The molecular weight excluding hydrogens is 276 g/mol. The number of carbonyl (C=O) groups is 1. The first-order chi connectivity index (χ1) is 9.30. The third-order valence-electron chi connectivity index (χ3n) is 2.74. The third-order valence-corrected chi connectivity index (χ3v) is 2.74. The van der Waals surface area contributed by atoms with E-state index in [0.29, 0.717) is 6.07 Å². The first kappa shape index (κ1) is 14.0. The molecule has 0 atom stereocenters. The van der Waals surface area contributed by atoms with Gasteiger partial charge in [0.05, 0.1) is 11.1 Å². The fraction of sp³-hybridized carbons (Fsp3) is 0.0714. The molecule has 2 aromatic rings. The minimum absolute atomic E-state index is 0.0568. The Morgan fingerprint density at radius 2 is 1.65 bits per heavy atom. The summed E-state index contributed by atoms with van der Waals surface area (Å²) in [4.78, 5) is 11.1. The van der Waals surface area contributed by atoms with Crippen molar-refractivity contribution in [3.05, 3.63) is 59.4 Å². The van der Waals surface area contributed by atoms with Gasteiger partial charge in [-0.05, 0) is 23.8 Å². The number of aromatic carboxylic acids is 1. The first-order valence-electron chi connectivity index (χ1n) is 5.50. The lowest BCUT2D eigenvalue weighted by Gasteiger charge is -2.11. The molecule has 0 heterocycles. The van der Waals surface area contributed by atoms with Crippen LogP contribution in [-0.2, 0) is 6.18 Å².